The average Bonchev–Trinajstić information content (AvgIpc) is 2.37. The van der Waals surface area contributed by atoms with E-state index < -0.39 is 17.5 Å². The van der Waals surface area contributed by atoms with Gasteiger partial charge in [-0.15, -0.1) is 0 Å². The Morgan fingerprint density at radius 2 is 1.81 bits per heavy atom. The van der Waals surface area contributed by atoms with Crippen LogP contribution in [0.25, 0.3) is 0 Å². The molecular formula is C14H8BrClF3NO. The highest BCUT2D eigenvalue weighted by atomic mass is 79.9. The van der Waals surface area contributed by atoms with E-state index in [0.29, 0.717) is 5.69 Å². The highest BCUT2D eigenvalue weighted by molar-refractivity contribution is 9.10. The molecule has 0 aliphatic carbocycles. The zero-order chi connectivity index (χ0) is 15.8. The van der Waals surface area contributed by atoms with E-state index in [9.17, 15) is 18.0 Å². The summed E-state index contributed by atoms with van der Waals surface area (Å²) >= 11 is 8.72. The summed E-state index contributed by atoms with van der Waals surface area (Å²) in [6.45, 7) is 0. The molecule has 2 nitrogen and oxygen atoms in total. The second-order valence-corrected chi connectivity index (χ2v) is 5.52. The highest BCUT2D eigenvalue weighted by Gasteiger charge is 2.33. The van der Waals surface area contributed by atoms with Crippen LogP contribution in [0.4, 0.5) is 18.9 Å². The average molecular weight is 379 g/mol. The van der Waals surface area contributed by atoms with Gasteiger partial charge in [-0.25, -0.2) is 0 Å². The first kappa shape index (κ1) is 15.9. The molecule has 2 aromatic rings. The van der Waals surface area contributed by atoms with Crippen LogP contribution in [0, 0.1) is 0 Å². The molecule has 0 saturated carbocycles. The quantitative estimate of drug-likeness (QED) is 0.594. The Balaban J connectivity index is 2.49. The first-order valence-corrected chi connectivity index (χ1v) is 6.83. The van der Waals surface area contributed by atoms with Crippen LogP contribution in [0.3, 0.4) is 0 Å². The number of carbonyl (C=O) groups excluding carboxylic acids is 1. The number of benzene rings is 2. The van der Waals surface area contributed by atoms with Crippen LogP contribution >= 0.6 is 27.5 Å². The minimum absolute atomic E-state index is 0.0940. The number of hydrogen-bond acceptors (Lipinski definition) is 2. The van der Waals surface area contributed by atoms with Gasteiger partial charge in [-0.2, -0.15) is 13.2 Å². The Hall–Kier alpha value is -1.53. The van der Waals surface area contributed by atoms with E-state index >= 15 is 0 Å². The monoisotopic (exact) mass is 377 g/mol. The Kier molecular flexibility index (Phi) is 4.30. The van der Waals surface area contributed by atoms with Gasteiger partial charge in [-0.3, -0.25) is 4.79 Å². The summed E-state index contributed by atoms with van der Waals surface area (Å²) in [7, 11) is 0. The molecule has 0 bridgehead atoms. The fraction of sp³-hybridized carbons (Fsp3) is 0.0714. The maximum atomic E-state index is 12.8. The molecule has 0 atom stereocenters. The number of hydrogen-bond donors (Lipinski definition) is 1. The van der Waals surface area contributed by atoms with E-state index in [0.717, 1.165) is 6.07 Å². The number of ketones is 1. The van der Waals surface area contributed by atoms with Crippen molar-refractivity contribution in [1.82, 2.24) is 0 Å². The van der Waals surface area contributed by atoms with Gasteiger partial charge in [0.05, 0.1) is 10.6 Å². The van der Waals surface area contributed by atoms with Crippen LogP contribution in [-0.4, -0.2) is 5.78 Å². The van der Waals surface area contributed by atoms with Crippen molar-refractivity contribution in [3.05, 3.63) is 62.6 Å². The Labute approximate surface area is 131 Å². The lowest BCUT2D eigenvalue weighted by Gasteiger charge is -2.11. The number of anilines is 1. The van der Waals surface area contributed by atoms with Crippen molar-refractivity contribution in [1.29, 1.82) is 0 Å². The summed E-state index contributed by atoms with van der Waals surface area (Å²) in [4.78, 5) is 12.3. The number of rotatable bonds is 2. The van der Waals surface area contributed by atoms with Crippen molar-refractivity contribution in [3.8, 4) is 0 Å². The third-order valence-corrected chi connectivity index (χ3v) is 3.78. The molecular weight excluding hydrogens is 371 g/mol. The van der Waals surface area contributed by atoms with Gasteiger partial charge in [0.2, 0.25) is 0 Å². The van der Waals surface area contributed by atoms with E-state index in [1.165, 1.54) is 30.3 Å². The largest absolute Gasteiger partial charge is 0.417 e. The van der Waals surface area contributed by atoms with Crippen molar-refractivity contribution >= 4 is 39.0 Å². The maximum Gasteiger partial charge on any atom is 0.417 e. The second kappa shape index (κ2) is 5.69. The molecule has 0 fully saturated rings. The Morgan fingerprint density at radius 1 is 1.14 bits per heavy atom. The number of nitrogen functional groups attached to an aromatic ring is 1. The highest BCUT2D eigenvalue weighted by Crippen LogP contribution is 2.36. The Morgan fingerprint density at radius 3 is 2.38 bits per heavy atom. The summed E-state index contributed by atoms with van der Waals surface area (Å²) in [6, 6.07) is 7.49. The molecule has 0 saturated heterocycles. The molecule has 0 heterocycles. The predicted octanol–water partition coefficient (Wildman–Crippen LogP) is 4.93. The van der Waals surface area contributed by atoms with E-state index in [1.54, 1.807) is 0 Å². The molecule has 110 valence electrons. The molecule has 0 spiro atoms. The SMILES string of the molecule is Nc1ccc(C(=O)c2ccc(Br)c(C(F)(F)F)c2)c(Cl)c1. The van der Waals surface area contributed by atoms with Crippen LogP contribution in [0.5, 0.6) is 0 Å². The number of alkyl halides is 3. The van der Waals surface area contributed by atoms with Gasteiger partial charge in [-0.1, -0.05) is 27.5 Å². The van der Waals surface area contributed by atoms with Crippen molar-refractivity contribution < 1.29 is 18.0 Å². The van der Waals surface area contributed by atoms with Crippen molar-refractivity contribution in [2.24, 2.45) is 0 Å². The summed E-state index contributed by atoms with van der Waals surface area (Å²) in [5, 5.41) is 0.0940. The van der Waals surface area contributed by atoms with Gasteiger partial charge in [0, 0.05) is 21.3 Å². The fourth-order valence-electron chi connectivity index (χ4n) is 1.75. The summed E-state index contributed by atoms with van der Waals surface area (Å²) < 4.78 is 38.4. The molecule has 2 aromatic carbocycles. The van der Waals surface area contributed by atoms with Crippen LogP contribution in [-0.2, 0) is 6.18 Å². The van der Waals surface area contributed by atoms with E-state index in [4.69, 9.17) is 17.3 Å². The lowest BCUT2D eigenvalue weighted by atomic mass is 10.0. The van der Waals surface area contributed by atoms with Gasteiger partial charge in [0.15, 0.2) is 5.78 Å². The summed E-state index contributed by atoms with van der Waals surface area (Å²) in [5.41, 5.74) is 4.96. The van der Waals surface area contributed by atoms with Gasteiger partial charge in [0.25, 0.3) is 0 Å². The second-order valence-electron chi connectivity index (χ2n) is 4.26. The molecule has 0 unspecified atom stereocenters. The maximum absolute atomic E-state index is 12.8. The normalized spacial score (nSPS) is 11.5. The minimum atomic E-state index is -4.56. The van der Waals surface area contributed by atoms with Gasteiger partial charge < -0.3 is 5.73 Å². The van der Waals surface area contributed by atoms with E-state index in [1.807, 2.05) is 0 Å². The van der Waals surface area contributed by atoms with E-state index in [2.05, 4.69) is 15.9 Å². The lowest BCUT2D eigenvalue weighted by Crippen LogP contribution is -2.09. The molecule has 7 heteroatoms. The predicted molar refractivity (Wildman–Crippen MR) is 78.4 cm³/mol. The number of nitrogens with two attached hydrogens (primary N) is 1. The smallest absolute Gasteiger partial charge is 0.399 e. The molecule has 2 rings (SSSR count). The third-order valence-electron chi connectivity index (χ3n) is 2.77. The van der Waals surface area contributed by atoms with Crippen molar-refractivity contribution in [3.63, 3.8) is 0 Å². The standard InChI is InChI=1S/C14H8BrClF3NO/c15-11-4-1-7(5-10(11)14(17,18)19)13(21)9-3-2-8(20)6-12(9)16/h1-6H,20H2. The minimum Gasteiger partial charge on any atom is -0.399 e. The van der Waals surface area contributed by atoms with Crippen LogP contribution in [0.1, 0.15) is 21.5 Å². The van der Waals surface area contributed by atoms with Crippen LogP contribution < -0.4 is 5.73 Å². The molecule has 21 heavy (non-hydrogen) atoms. The molecule has 0 aromatic heterocycles. The lowest BCUT2D eigenvalue weighted by molar-refractivity contribution is -0.138. The van der Waals surface area contributed by atoms with Crippen molar-refractivity contribution in [2.45, 2.75) is 6.18 Å². The summed E-state index contributed by atoms with van der Waals surface area (Å²) in [6.07, 6.45) is -4.56. The Bertz CT molecular complexity index is 716. The summed E-state index contributed by atoms with van der Waals surface area (Å²) in [5.74, 6) is -0.599. The third kappa shape index (κ3) is 3.39. The molecule has 0 amide bonds. The topological polar surface area (TPSA) is 43.1 Å². The first-order chi connectivity index (χ1) is 9.70. The molecule has 0 aliphatic heterocycles. The molecule has 0 radical (unpaired) electrons. The van der Waals surface area contributed by atoms with Crippen molar-refractivity contribution in [2.75, 3.05) is 5.73 Å². The first-order valence-electron chi connectivity index (χ1n) is 5.66. The van der Waals surface area contributed by atoms with Gasteiger partial charge >= 0.3 is 6.18 Å². The zero-order valence-electron chi connectivity index (χ0n) is 10.3. The fourth-order valence-corrected chi connectivity index (χ4v) is 2.50. The zero-order valence-corrected chi connectivity index (χ0v) is 12.7. The molecule has 0 aliphatic rings. The van der Waals surface area contributed by atoms with E-state index in [-0.39, 0.29) is 20.6 Å². The van der Waals surface area contributed by atoms with Gasteiger partial charge in [-0.05, 0) is 36.4 Å². The van der Waals surface area contributed by atoms with Crippen LogP contribution in [0.2, 0.25) is 5.02 Å². The number of carbonyl (C=O) groups is 1. The van der Waals surface area contributed by atoms with Crippen LogP contribution in [0.15, 0.2) is 40.9 Å². The molecule has 2 N–H and O–H groups in total. The number of halogens is 5. The van der Waals surface area contributed by atoms with Gasteiger partial charge in [0.1, 0.15) is 0 Å².